The summed E-state index contributed by atoms with van der Waals surface area (Å²) in [6.45, 7) is 1.95. The molecule has 1 aromatic heterocycles. The minimum Gasteiger partial charge on any atom is -0.395 e. The maximum absolute atomic E-state index is 14.2. The van der Waals surface area contributed by atoms with Crippen molar-refractivity contribution in [2.45, 2.75) is 43.9 Å². The fourth-order valence-corrected chi connectivity index (χ4v) is 4.57. The summed E-state index contributed by atoms with van der Waals surface area (Å²) in [6.07, 6.45) is -10.8. The van der Waals surface area contributed by atoms with Crippen LogP contribution in [0.4, 0.5) is 30.7 Å². The molecular weight excluding hydrogens is 489 g/mol. The highest BCUT2D eigenvalue weighted by atomic mass is 19.4. The number of hydrogen-bond acceptors (Lipinski definition) is 5. The number of aromatic amines is 1. The van der Waals surface area contributed by atoms with Gasteiger partial charge in [0.05, 0.1) is 10.9 Å². The topological polar surface area (TPSA) is 73.4 Å². The summed E-state index contributed by atoms with van der Waals surface area (Å²) in [6, 6.07) is 4.82. The lowest BCUT2D eigenvalue weighted by molar-refractivity contribution is -0.287. The zero-order chi connectivity index (χ0) is 25.5. The quantitative estimate of drug-likeness (QED) is 0.478. The maximum Gasteiger partial charge on any atom is 0.586 e. The number of aromatic nitrogens is 2. The van der Waals surface area contributed by atoms with Gasteiger partial charge in [-0.15, -0.1) is 8.78 Å². The first-order chi connectivity index (χ1) is 16.2. The molecule has 0 amide bonds. The van der Waals surface area contributed by atoms with Crippen LogP contribution in [0, 0.1) is 17.6 Å². The van der Waals surface area contributed by atoms with Crippen molar-refractivity contribution in [2.75, 3.05) is 0 Å². The Hall–Kier alpha value is -3.35. The molecule has 13 heteroatoms. The fourth-order valence-electron chi connectivity index (χ4n) is 4.57. The van der Waals surface area contributed by atoms with E-state index in [1.807, 2.05) is 0 Å². The largest absolute Gasteiger partial charge is 0.586 e. The summed E-state index contributed by atoms with van der Waals surface area (Å²) in [7, 11) is 0. The van der Waals surface area contributed by atoms with Crippen molar-refractivity contribution in [1.82, 2.24) is 9.97 Å². The van der Waals surface area contributed by atoms with Gasteiger partial charge in [0.15, 0.2) is 17.2 Å². The van der Waals surface area contributed by atoms with Gasteiger partial charge in [-0.2, -0.15) is 13.2 Å². The van der Waals surface area contributed by atoms with Crippen LogP contribution in [-0.2, 0) is 4.74 Å². The number of rotatable bonds is 2. The van der Waals surface area contributed by atoms with Gasteiger partial charge in [-0.1, -0.05) is 13.0 Å². The van der Waals surface area contributed by atoms with Crippen molar-refractivity contribution in [3.63, 3.8) is 0 Å². The highest BCUT2D eigenvalue weighted by Crippen LogP contribution is 2.60. The molecule has 2 aliphatic rings. The third-order valence-corrected chi connectivity index (χ3v) is 6.52. The van der Waals surface area contributed by atoms with Gasteiger partial charge in [0.2, 0.25) is 5.75 Å². The number of benzene rings is 2. The summed E-state index contributed by atoms with van der Waals surface area (Å²) in [4.78, 5) is 19.0. The van der Waals surface area contributed by atoms with E-state index in [4.69, 9.17) is 4.74 Å². The number of nitrogens with one attached hydrogen (secondary N) is 1. The first-order valence-electron chi connectivity index (χ1n) is 10.2. The van der Waals surface area contributed by atoms with Crippen molar-refractivity contribution in [1.29, 1.82) is 0 Å². The first kappa shape index (κ1) is 23.4. The predicted octanol–water partition coefficient (Wildman–Crippen LogP) is 5.34. The molecule has 0 radical (unpaired) electrons. The zero-order valence-electron chi connectivity index (χ0n) is 17.8. The third kappa shape index (κ3) is 3.51. The maximum atomic E-state index is 14.2. The molecule has 1 saturated heterocycles. The molecule has 3 aromatic rings. The van der Waals surface area contributed by atoms with E-state index in [-0.39, 0.29) is 22.3 Å². The normalized spacial score (nSPS) is 27.5. The van der Waals surface area contributed by atoms with Gasteiger partial charge in [0, 0.05) is 17.4 Å². The Labute approximate surface area is 191 Å². The van der Waals surface area contributed by atoms with Crippen LogP contribution in [0.25, 0.3) is 10.9 Å². The minimum atomic E-state index is -4.93. The SMILES string of the molecule is C[C@H]1[C@@H](c2ccc(F)c3c2OC(F)(F)O3)[C@H](c2nc3ccc(F)cc3c(=O)[nH]2)O[C@@]1(C)C(F)(F)F. The molecule has 1 N–H and O–H groups in total. The van der Waals surface area contributed by atoms with Crippen LogP contribution in [0.5, 0.6) is 11.5 Å². The second kappa shape index (κ2) is 7.33. The first-order valence-corrected chi connectivity index (χ1v) is 10.2. The Morgan fingerprint density at radius 1 is 1.06 bits per heavy atom. The monoisotopic (exact) mass is 504 g/mol. The van der Waals surface area contributed by atoms with Crippen LogP contribution < -0.4 is 15.0 Å². The summed E-state index contributed by atoms with van der Waals surface area (Å²) < 4.78 is 112. The minimum absolute atomic E-state index is 0.0313. The van der Waals surface area contributed by atoms with E-state index in [9.17, 15) is 35.5 Å². The average molecular weight is 504 g/mol. The number of hydrogen-bond donors (Lipinski definition) is 1. The summed E-state index contributed by atoms with van der Waals surface area (Å²) in [5.41, 5.74) is -3.96. The van der Waals surface area contributed by atoms with Crippen LogP contribution in [0.3, 0.4) is 0 Å². The Kier molecular flexibility index (Phi) is 4.90. The van der Waals surface area contributed by atoms with E-state index in [0.717, 1.165) is 37.3 Å². The molecule has 0 unspecified atom stereocenters. The Bertz CT molecular complexity index is 1410. The number of halogens is 7. The molecule has 5 rings (SSSR count). The van der Waals surface area contributed by atoms with Gasteiger partial charge in [-0.25, -0.2) is 13.8 Å². The standard InChI is InChI=1S/C22H15F7N2O4/c1-8-14(10-4-5-12(24)16-15(10)34-22(28,29)35-16)17(33-20(8,2)21(25,26)27)18-30-13-6-3-9(23)7-11(13)19(32)31-18/h3-8,14,17H,1-2H3,(H,30,31,32)/t8-,14-,17+,20+/m0/s1. The smallest absolute Gasteiger partial charge is 0.395 e. The Morgan fingerprint density at radius 2 is 1.74 bits per heavy atom. The molecule has 0 saturated carbocycles. The van der Waals surface area contributed by atoms with Crippen molar-refractivity contribution < 1.29 is 44.9 Å². The van der Waals surface area contributed by atoms with Crippen LogP contribution in [-0.4, -0.2) is 28.0 Å². The van der Waals surface area contributed by atoms with E-state index in [1.54, 1.807) is 0 Å². The van der Waals surface area contributed by atoms with E-state index in [2.05, 4.69) is 19.4 Å². The lowest BCUT2D eigenvalue weighted by atomic mass is 9.77. The molecule has 4 atom stereocenters. The molecular formula is C22H15F7N2O4. The van der Waals surface area contributed by atoms with Gasteiger partial charge >= 0.3 is 12.5 Å². The summed E-state index contributed by atoms with van der Waals surface area (Å²) >= 11 is 0. The molecule has 6 nitrogen and oxygen atoms in total. The number of H-pyrrole nitrogens is 1. The van der Waals surface area contributed by atoms with E-state index < -0.39 is 64.7 Å². The van der Waals surface area contributed by atoms with Crippen LogP contribution in [0.2, 0.25) is 0 Å². The van der Waals surface area contributed by atoms with Crippen molar-refractivity contribution >= 4 is 10.9 Å². The molecule has 1 fully saturated rings. The second-order valence-corrected chi connectivity index (χ2v) is 8.53. The van der Waals surface area contributed by atoms with Gasteiger partial charge in [-0.05, 0) is 31.2 Å². The van der Waals surface area contributed by atoms with Gasteiger partial charge in [0.25, 0.3) is 5.56 Å². The van der Waals surface area contributed by atoms with E-state index in [0.29, 0.717) is 0 Å². The molecule has 2 aliphatic heterocycles. The van der Waals surface area contributed by atoms with Crippen molar-refractivity contribution in [3.05, 3.63) is 63.7 Å². The van der Waals surface area contributed by atoms with Gasteiger partial charge in [0.1, 0.15) is 17.7 Å². The highest BCUT2D eigenvalue weighted by Gasteiger charge is 2.65. The highest BCUT2D eigenvalue weighted by molar-refractivity contribution is 5.77. The molecule has 3 heterocycles. The lowest BCUT2D eigenvalue weighted by Gasteiger charge is -2.31. The third-order valence-electron chi connectivity index (χ3n) is 6.52. The van der Waals surface area contributed by atoms with Crippen molar-refractivity contribution in [3.8, 4) is 11.5 Å². The molecule has 0 aliphatic carbocycles. The molecule has 186 valence electrons. The van der Waals surface area contributed by atoms with Gasteiger partial charge < -0.3 is 19.2 Å². The van der Waals surface area contributed by atoms with E-state index >= 15 is 0 Å². The van der Waals surface area contributed by atoms with Gasteiger partial charge in [-0.3, -0.25) is 4.79 Å². The summed E-state index contributed by atoms with van der Waals surface area (Å²) in [5, 5.41) is -0.158. The molecule has 2 aromatic carbocycles. The number of ether oxygens (including phenoxy) is 3. The number of nitrogens with zero attached hydrogens (tertiary/aromatic N) is 1. The molecule has 35 heavy (non-hydrogen) atoms. The molecule has 0 spiro atoms. The summed E-state index contributed by atoms with van der Waals surface area (Å²) in [5.74, 6) is -6.88. The van der Waals surface area contributed by atoms with Crippen LogP contribution in [0.1, 0.15) is 37.3 Å². The second-order valence-electron chi connectivity index (χ2n) is 8.53. The van der Waals surface area contributed by atoms with Crippen LogP contribution in [0.15, 0.2) is 35.1 Å². The fraction of sp³-hybridized carbons (Fsp3) is 0.364. The zero-order valence-corrected chi connectivity index (χ0v) is 17.8. The van der Waals surface area contributed by atoms with Crippen molar-refractivity contribution in [2.24, 2.45) is 5.92 Å². The van der Waals surface area contributed by atoms with Crippen LogP contribution >= 0.6 is 0 Å². The Balaban J connectivity index is 1.72. The Morgan fingerprint density at radius 3 is 2.43 bits per heavy atom. The number of alkyl halides is 5. The average Bonchev–Trinajstić information content (AvgIpc) is 3.23. The number of fused-ring (bicyclic) bond motifs is 2. The van der Waals surface area contributed by atoms with E-state index in [1.165, 1.54) is 6.92 Å². The lowest BCUT2D eigenvalue weighted by Crippen LogP contribution is -2.46. The molecule has 0 bridgehead atoms. The predicted molar refractivity (Wildman–Crippen MR) is 105 cm³/mol.